The van der Waals surface area contributed by atoms with Crippen LogP contribution in [-0.4, -0.2) is 16.2 Å². The van der Waals surface area contributed by atoms with Crippen LogP contribution in [0.5, 0.6) is 0 Å². The van der Waals surface area contributed by atoms with E-state index in [4.69, 9.17) is 0 Å². The van der Waals surface area contributed by atoms with Gasteiger partial charge in [0.25, 0.3) is 0 Å². The van der Waals surface area contributed by atoms with Gasteiger partial charge in [-0.3, -0.25) is 9.59 Å². The molecule has 0 N–H and O–H groups in total. The van der Waals surface area contributed by atoms with Crippen molar-refractivity contribution in [3.05, 3.63) is 62.5 Å². The first-order valence-electron chi connectivity index (χ1n) is 5.87. The molecule has 0 unspecified atom stereocenters. The van der Waals surface area contributed by atoms with Crippen molar-refractivity contribution in [2.45, 2.75) is 4.90 Å². The van der Waals surface area contributed by atoms with Gasteiger partial charge in [-0.25, -0.2) is 0 Å². The Morgan fingerprint density at radius 3 is 2.19 bits per heavy atom. The molecule has 0 radical (unpaired) electrons. The highest BCUT2D eigenvalue weighted by Crippen LogP contribution is 2.30. The van der Waals surface area contributed by atoms with Gasteiger partial charge in [0.05, 0.1) is 5.33 Å². The first-order valence-corrected chi connectivity index (χ1v) is 9.40. The molecule has 0 aliphatic carbocycles. The summed E-state index contributed by atoms with van der Waals surface area (Å²) >= 11 is 10.9. The fraction of sp³-hybridized carbons (Fsp3) is 0.0667. The molecule has 2 rings (SSSR count). The zero-order valence-electron chi connectivity index (χ0n) is 10.6. The number of Topliss-reactive ketones (excluding diaryl/α,β-unsaturated/α-hetero) is 1. The molecule has 0 heterocycles. The van der Waals surface area contributed by atoms with Crippen molar-refractivity contribution >= 4 is 70.5 Å². The highest BCUT2D eigenvalue weighted by Gasteiger charge is 2.15. The SMILES string of the molecule is O=C(Sc1cc(Br)ccc1C(=O)CBr)c1ccc(Br)cc1. The highest BCUT2D eigenvalue weighted by molar-refractivity contribution is 9.10. The van der Waals surface area contributed by atoms with Crippen molar-refractivity contribution in [3.63, 3.8) is 0 Å². The molecule has 0 saturated carbocycles. The van der Waals surface area contributed by atoms with E-state index in [2.05, 4.69) is 47.8 Å². The van der Waals surface area contributed by atoms with Crippen LogP contribution in [0.2, 0.25) is 0 Å². The lowest BCUT2D eigenvalue weighted by molar-refractivity contribution is 0.102. The van der Waals surface area contributed by atoms with Crippen LogP contribution in [0.15, 0.2) is 56.3 Å². The molecule has 0 atom stereocenters. The van der Waals surface area contributed by atoms with Crippen LogP contribution >= 0.6 is 59.6 Å². The summed E-state index contributed by atoms with van der Waals surface area (Å²) in [6.07, 6.45) is 0. The lowest BCUT2D eigenvalue weighted by atomic mass is 10.1. The molecular weight excluding hydrogens is 484 g/mol. The quantitative estimate of drug-likeness (QED) is 0.311. The number of thioether (sulfide) groups is 1. The number of benzene rings is 2. The molecule has 6 heteroatoms. The van der Waals surface area contributed by atoms with Crippen molar-refractivity contribution in [3.8, 4) is 0 Å². The molecule has 0 aliphatic heterocycles. The maximum atomic E-state index is 12.3. The Morgan fingerprint density at radius 2 is 1.57 bits per heavy atom. The molecule has 2 aromatic carbocycles. The van der Waals surface area contributed by atoms with Crippen LogP contribution in [0.1, 0.15) is 20.7 Å². The van der Waals surface area contributed by atoms with Crippen molar-refractivity contribution in [2.24, 2.45) is 0 Å². The number of rotatable bonds is 4. The number of carbonyl (C=O) groups is 2. The van der Waals surface area contributed by atoms with Crippen LogP contribution in [0.4, 0.5) is 0 Å². The van der Waals surface area contributed by atoms with Crippen molar-refractivity contribution in [1.82, 2.24) is 0 Å². The molecule has 0 amide bonds. The standard InChI is InChI=1S/C15H9Br3O2S/c16-8-13(19)12-6-5-11(18)7-14(12)21-15(20)9-1-3-10(17)4-2-9/h1-7H,8H2. The average Bonchev–Trinajstić information content (AvgIpc) is 2.47. The van der Waals surface area contributed by atoms with Crippen molar-refractivity contribution < 1.29 is 9.59 Å². The molecule has 0 aromatic heterocycles. The zero-order chi connectivity index (χ0) is 15.4. The third kappa shape index (κ3) is 4.52. The van der Waals surface area contributed by atoms with Gasteiger partial charge < -0.3 is 0 Å². The van der Waals surface area contributed by atoms with Crippen LogP contribution in [-0.2, 0) is 0 Å². The van der Waals surface area contributed by atoms with Gasteiger partial charge in [0.15, 0.2) is 5.78 Å². The number of alkyl halides is 1. The van der Waals surface area contributed by atoms with E-state index in [-0.39, 0.29) is 16.2 Å². The molecule has 0 bridgehead atoms. The van der Waals surface area contributed by atoms with E-state index in [1.54, 1.807) is 30.3 Å². The predicted molar refractivity (Wildman–Crippen MR) is 96.6 cm³/mol. The number of halogens is 3. The molecule has 0 saturated heterocycles. The van der Waals surface area contributed by atoms with Gasteiger partial charge in [0.2, 0.25) is 5.12 Å². The van der Waals surface area contributed by atoms with Gasteiger partial charge >= 0.3 is 0 Å². The van der Waals surface area contributed by atoms with Gasteiger partial charge in [-0.1, -0.05) is 47.8 Å². The van der Waals surface area contributed by atoms with E-state index in [1.165, 1.54) is 0 Å². The van der Waals surface area contributed by atoms with E-state index >= 15 is 0 Å². The summed E-state index contributed by atoms with van der Waals surface area (Å²) in [6, 6.07) is 12.5. The first kappa shape index (κ1) is 16.9. The van der Waals surface area contributed by atoms with Crippen LogP contribution in [0.25, 0.3) is 0 Å². The van der Waals surface area contributed by atoms with Gasteiger partial charge in [0, 0.05) is 25.0 Å². The maximum absolute atomic E-state index is 12.3. The number of hydrogen-bond acceptors (Lipinski definition) is 3. The van der Waals surface area contributed by atoms with Crippen LogP contribution in [0.3, 0.4) is 0 Å². The average molecular weight is 493 g/mol. The Kier molecular flexibility index (Phi) is 6.22. The van der Waals surface area contributed by atoms with E-state index in [0.717, 1.165) is 20.7 Å². The Labute approximate surface area is 152 Å². The molecule has 0 aliphatic rings. The maximum Gasteiger partial charge on any atom is 0.224 e. The van der Waals surface area contributed by atoms with E-state index in [0.29, 0.717) is 16.0 Å². The summed E-state index contributed by atoms with van der Waals surface area (Å²) in [5.74, 6) is -0.0476. The Morgan fingerprint density at radius 1 is 0.952 bits per heavy atom. The van der Waals surface area contributed by atoms with Crippen molar-refractivity contribution in [2.75, 3.05) is 5.33 Å². The monoisotopic (exact) mass is 490 g/mol. The summed E-state index contributed by atoms with van der Waals surface area (Å²) in [7, 11) is 0. The van der Waals surface area contributed by atoms with Crippen LogP contribution in [0, 0.1) is 0 Å². The Hall–Kier alpha value is -0.430. The minimum atomic E-state index is -0.0933. The van der Waals surface area contributed by atoms with Gasteiger partial charge in [-0.15, -0.1) is 0 Å². The highest BCUT2D eigenvalue weighted by atomic mass is 79.9. The number of carbonyl (C=O) groups excluding carboxylic acids is 2. The first-order chi connectivity index (χ1) is 10.0. The summed E-state index contributed by atoms with van der Waals surface area (Å²) in [6.45, 7) is 0. The summed E-state index contributed by atoms with van der Waals surface area (Å²) in [5.41, 5.74) is 1.14. The van der Waals surface area contributed by atoms with Crippen LogP contribution < -0.4 is 0 Å². The van der Waals surface area contributed by atoms with E-state index in [1.807, 2.05) is 12.1 Å². The Bertz CT molecular complexity index is 684. The van der Waals surface area contributed by atoms with E-state index in [9.17, 15) is 9.59 Å². The normalized spacial score (nSPS) is 10.4. The fourth-order valence-electron chi connectivity index (χ4n) is 1.63. The second-order valence-electron chi connectivity index (χ2n) is 4.09. The topological polar surface area (TPSA) is 34.1 Å². The zero-order valence-corrected chi connectivity index (χ0v) is 16.2. The molecule has 0 fully saturated rings. The smallest absolute Gasteiger partial charge is 0.224 e. The molecule has 108 valence electrons. The fourth-order valence-corrected chi connectivity index (χ4v) is 3.64. The molecule has 21 heavy (non-hydrogen) atoms. The van der Waals surface area contributed by atoms with Gasteiger partial charge in [0.1, 0.15) is 0 Å². The molecular formula is C15H9Br3O2S. The summed E-state index contributed by atoms with van der Waals surface area (Å²) in [5, 5.41) is 0.138. The lowest BCUT2D eigenvalue weighted by Gasteiger charge is -2.07. The molecule has 2 nitrogen and oxygen atoms in total. The third-order valence-corrected chi connectivity index (χ3v) is 5.16. The van der Waals surface area contributed by atoms with Crippen molar-refractivity contribution in [1.29, 1.82) is 0 Å². The van der Waals surface area contributed by atoms with Gasteiger partial charge in [-0.05, 0) is 54.2 Å². The second-order valence-corrected chi connectivity index (χ2v) is 7.50. The summed E-state index contributed by atoms with van der Waals surface area (Å²) < 4.78 is 1.75. The Balaban J connectivity index is 2.30. The lowest BCUT2D eigenvalue weighted by Crippen LogP contribution is -2.03. The molecule has 0 spiro atoms. The van der Waals surface area contributed by atoms with Gasteiger partial charge in [-0.2, -0.15) is 0 Å². The second kappa shape index (κ2) is 7.72. The predicted octanol–water partition coefficient (Wildman–Crippen LogP) is 5.72. The minimum absolute atomic E-state index is 0.0476. The minimum Gasteiger partial charge on any atom is -0.293 e. The van der Waals surface area contributed by atoms with E-state index < -0.39 is 0 Å². The number of ketones is 1. The molecule has 2 aromatic rings. The summed E-state index contributed by atoms with van der Waals surface area (Å²) in [4.78, 5) is 24.9. The largest absolute Gasteiger partial charge is 0.293 e. The third-order valence-electron chi connectivity index (χ3n) is 2.65. The number of hydrogen-bond donors (Lipinski definition) is 0.